The molecule has 1 rings (SSSR count). The van der Waals surface area contributed by atoms with Gasteiger partial charge in [0.2, 0.25) is 5.91 Å². The highest BCUT2D eigenvalue weighted by Gasteiger charge is 2.01. The predicted molar refractivity (Wildman–Crippen MR) is 91.4 cm³/mol. The van der Waals surface area contributed by atoms with E-state index in [0.29, 0.717) is 18.8 Å². The molecular formula is C15H23N7O. The maximum atomic E-state index is 11.8. The van der Waals surface area contributed by atoms with Crippen LogP contribution in [0.15, 0.2) is 35.5 Å². The molecule has 0 atom stereocenters. The summed E-state index contributed by atoms with van der Waals surface area (Å²) in [6, 6.07) is 6.96. The number of rotatable bonds is 10. The third-order valence-electron chi connectivity index (χ3n) is 2.81. The second kappa shape index (κ2) is 11.2. The third kappa shape index (κ3) is 7.98. The summed E-state index contributed by atoms with van der Waals surface area (Å²) in [6.45, 7) is 6.83. The molecule has 0 fully saturated rings. The van der Waals surface area contributed by atoms with Crippen molar-refractivity contribution in [1.29, 1.82) is 0 Å². The fourth-order valence-corrected chi connectivity index (χ4v) is 1.82. The normalized spacial score (nSPS) is 10.7. The van der Waals surface area contributed by atoms with E-state index in [9.17, 15) is 4.79 Å². The molecule has 8 nitrogen and oxygen atoms in total. The van der Waals surface area contributed by atoms with Gasteiger partial charge in [-0.05, 0) is 17.2 Å². The molecule has 124 valence electrons. The number of hydrogen-bond acceptors (Lipinski definition) is 5. The molecule has 1 amide bonds. The first-order chi connectivity index (χ1) is 11.2. The minimum Gasteiger partial charge on any atom is -0.351 e. The molecule has 8 heteroatoms. The molecule has 23 heavy (non-hydrogen) atoms. The van der Waals surface area contributed by atoms with Crippen LogP contribution in [-0.4, -0.2) is 37.2 Å². The van der Waals surface area contributed by atoms with E-state index < -0.39 is 0 Å². The number of hydrogen-bond donors (Lipinski definition) is 3. The molecule has 0 unspecified atom stereocenters. The highest BCUT2D eigenvalue weighted by atomic mass is 16.1. The molecule has 0 aliphatic carbocycles. The summed E-state index contributed by atoms with van der Waals surface area (Å²) in [5, 5.41) is 8.17. The molecule has 1 aromatic carbocycles. The molecule has 1 aromatic rings. The van der Waals surface area contributed by atoms with Crippen molar-refractivity contribution in [3.8, 4) is 0 Å². The van der Waals surface area contributed by atoms with Crippen LogP contribution >= 0.6 is 0 Å². The van der Waals surface area contributed by atoms with E-state index in [2.05, 4.69) is 26.2 Å². The van der Waals surface area contributed by atoms with Crippen LogP contribution in [-0.2, 0) is 4.79 Å². The Kier molecular flexibility index (Phi) is 9.11. The summed E-state index contributed by atoms with van der Waals surface area (Å²) in [7, 11) is 0. The van der Waals surface area contributed by atoms with Gasteiger partial charge < -0.3 is 5.32 Å². The van der Waals surface area contributed by atoms with Crippen molar-refractivity contribution in [1.82, 2.24) is 21.3 Å². The summed E-state index contributed by atoms with van der Waals surface area (Å²) in [6.07, 6.45) is 3.19. The number of amides is 1. The van der Waals surface area contributed by atoms with Crippen LogP contribution < -0.4 is 16.2 Å². The van der Waals surface area contributed by atoms with E-state index in [0.717, 1.165) is 18.7 Å². The first-order valence-electron chi connectivity index (χ1n) is 7.55. The van der Waals surface area contributed by atoms with E-state index in [4.69, 9.17) is 5.53 Å². The average Bonchev–Trinajstić information content (AvgIpc) is 2.55. The highest BCUT2D eigenvalue weighted by molar-refractivity contribution is 5.91. The average molecular weight is 317 g/mol. The molecular weight excluding hydrogens is 294 g/mol. The van der Waals surface area contributed by atoms with Gasteiger partial charge in [0.25, 0.3) is 0 Å². The second-order valence-electron chi connectivity index (χ2n) is 4.58. The maximum Gasteiger partial charge on any atom is 0.244 e. The summed E-state index contributed by atoms with van der Waals surface area (Å²) in [5.41, 5.74) is 16.0. The highest BCUT2D eigenvalue weighted by Crippen LogP contribution is 2.13. The number of nitrogens with zero attached hydrogens (tertiary/aromatic N) is 4. The minimum atomic E-state index is -0.155. The van der Waals surface area contributed by atoms with Crippen molar-refractivity contribution in [3.05, 3.63) is 46.3 Å². The van der Waals surface area contributed by atoms with Gasteiger partial charge in [0.05, 0.1) is 0 Å². The summed E-state index contributed by atoms with van der Waals surface area (Å²) < 4.78 is 0. The van der Waals surface area contributed by atoms with Gasteiger partial charge in [-0.15, -0.1) is 0 Å². The molecule has 0 aliphatic heterocycles. The maximum absolute atomic E-state index is 11.8. The fraction of sp³-hybridized carbons (Fsp3) is 0.400. The van der Waals surface area contributed by atoms with Crippen molar-refractivity contribution in [2.24, 2.45) is 5.11 Å². The van der Waals surface area contributed by atoms with Gasteiger partial charge in [-0.3, -0.25) is 4.79 Å². The van der Waals surface area contributed by atoms with Gasteiger partial charge in [0, 0.05) is 42.9 Å². The van der Waals surface area contributed by atoms with Crippen LogP contribution in [0.25, 0.3) is 16.5 Å². The smallest absolute Gasteiger partial charge is 0.244 e. The van der Waals surface area contributed by atoms with E-state index in [-0.39, 0.29) is 5.91 Å². The van der Waals surface area contributed by atoms with Crippen LogP contribution in [0, 0.1) is 0 Å². The Morgan fingerprint density at radius 3 is 2.48 bits per heavy atom. The van der Waals surface area contributed by atoms with Crippen molar-refractivity contribution >= 4 is 17.7 Å². The standard InChI is InChI=1S/C15H23N7O/c1-3-18-22(19-4-2)12-11-17-15(23)10-7-13-5-8-14(9-6-13)20-21-16/h5-10,18-19H,3-4,11-12H2,1-2H3,(H,17,23). The van der Waals surface area contributed by atoms with Crippen molar-refractivity contribution in [2.75, 3.05) is 26.2 Å². The zero-order chi connectivity index (χ0) is 16.9. The molecule has 0 spiro atoms. The van der Waals surface area contributed by atoms with Crippen LogP contribution in [0.4, 0.5) is 5.69 Å². The lowest BCUT2D eigenvalue weighted by molar-refractivity contribution is -0.116. The topological polar surface area (TPSA) is 105 Å². The van der Waals surface area contributed by atoms with Gasteiger partial charge in [0.15, 0.2) is 0 Å². The minimum absolute atomic E-state index is 0.155. The number of benzene rings is 1. The molecule has 0 aromatic heterocycles. The van der Waals surface area contributed by atoms with Crippen LogP contribution in [0.3, 0.4) is 0 Å². The Balaban J connectivity index is 2.38. The molecule has 3 N–H and O–H groups in total. The van der Waals surface area contributed by atoms with Crippen molar-refractivity contribution in [3.63, 3.8) is 0 Å². The first kappa shape index (κ1) is 18.7. The van der Waals surface area contributed by atoms with E-state index in [1.54, 1.807) is 30.3 Å². The molecule has 0 aliphatic rings. The quantitative estimate of drug-likeness (QED) is 0.202. The van der Waals surface area contributed by atoms with E-state index in [1.807, 2.05) is 19.0 Å². The molecule has 0 saturated heterocycles. The van der Waals surface area contributed by atoms with Gasteiger partial charge >= 0.3 is 0 Å². The fourth-order valence-electron chi connectivity index (χ4n) is 1.82. The summed E-state index contributed by atoms with van der Waals surface area (Å²) in [4.78, 5) is 14.5. The summed E-state index contributed by atoms with van der Waals surface area (Å²) in [5.74, 6) is -0.155. The van der Waals surface area contributed by atoms with Gasteiger partial charge in [-0.1, -0.05) is 43.2 Å². The Morgan fingerprint density at radius 1 is 1.26 bits per heavy atom. The largest absolute Gasteiger partial charge is 0.351 e. The first-order valence-corrected chi connectivity index (χ1v) is 7.55. The SMILES string of the molecule is CCNN(CCNC(=O)C=Cc1ccc(N=[N+]=[N-])cc1)NCC. The van der Waals surface area contributed by atoms with Crippen molar-refractivity contribution < 1.29 is 4.79 Å². The Hall–Kier alpha value is -2.38. The van der Waals surface area contributed by atoms with Crippen LogP contribution in [0.2, 0.25) is 0 Å². The lowest BCUT2D eigenvalue weighted by Gasteiger charge is -2.22. The zero-order valence-corrected chi connectivity index (χ0v) is 13.5. The lowest BCUT2D eigenvalue weighted by atomic mass is 10.2. The van der Waals surface area contributed by atoms with Crippen molar-refractivity contribution in [2.45, 2.75) is 13.8 Å². The molecule has 0 heterocycles. The molecule has 0 saturated carbocycles. The summed E-state index contributed by atoms with van der Waals surface area (Å²) >= 11 is 0. The van der Waals surface area contributed by atoms with Crippen LogP contribution in [0.5, 0.6) is 0 Å². The van der Waals surface area contributed by atoms with Gasteiger partial charge in [-0.2, -0.15) is 5.12 Å². The number of azide groups is 1. The number of nitrogens with one attached hydrogen (secondary N) is 3. The Bertz CT molecular complexity index is 543. The van der Waals surface area contributed by atoms with E-state index in [1.165, 1.54) is 6.08 Å². The molecule has 0 radical (unpaired) electrons. The Labute approximate surface area is 136 Å². The van der Waals surface area contributed by atoms with Crippen LogP contribution in [0.1, 0.15) is 19.4 Å². The second-order valence-corrected chi connectivity index (χ2v) is 4.58. The van der Waals surface area contributed by atoms with E-state index >= 15 is 0 Å². The number of carbonyl (C=O) groups excluding carboxylic acids is 1. The number of hydrazine groups is 2. The third-order valence-corrected chi connectivity index (χ3v) is 2.81. The van der Waals surface area contributed by atoms with Gasteiger partial charge in [0.1, 0.15) is 0 Å². The lowest BCUT2D eigenvalue weighted by Crippen LogP contribution is -2.50. The zero-order valence-electron chi connectivity index (χ0n) is 13.5. The Morgan fingerprint density at radius 2 is 1.91 bits per heavy atom. The molecule has 0 bridgehead atoms. The predicted octanol–water partition coefficient (Wildman–Crippen LogP) is 2.11. The monoisotopic (exact) mass is 317 g/mol. The number of carbonyl (C=O) groups is 1. The van der Waals surface area contributed by atoms with Gasteiger partial charge in [-0.25, -0.2) is 10.9 Å².